The standard InChI is InChI=1S/C22H30O2/c1-5-24-15-8-10-21(3)18-9-11-22(4)17(6-7-20(22)23)16(18)12-14(2)19(21)13-15/h9,13,16-17H,5-8,10-12H2,1-4H3/t16-,17-,21+,22-/m0/s1. The Morgan fingerprint density at radius 3 is 2.83 bits per heavy atom. The first kappa shape index (κ1) is 16.2. The van der Waals surface area contributed by atoms with Gasteiger partial charge in [0.15, 0.2) is 0 Å². The number of carbonyl (C=O) groups excluding carboxylic acids is 1. The van der Waals surface area contributed by atoms with E-state index in [1.54, 1.807) is 5.57 Å². The molecule has 0 unspecified atom stereocenters. The minimum atomic E-state index is -0.0940. The van der Waals surface area contributed by atoms with Crippen LogP contribution in [-0.2, 0) is 9.53 Å². The number of hydrogen-bond donors (Lipinski definition) is 0. The highest BCUT2D eigenvalue weighted by Gasteiger charge is 2.55. The minimum Gasteiger partial charge on any atom is -0.498 e. The van der Waals surface area contributed by atoms with Crippen molar-refractivity contribution in [1.29, 1.82) is 0 Å². The summed E-state index contributed by atoms with van der Waals surface area (Å²) in [5.41, 5.74) is 4.70. The van der Waals surface area contributed by atoms with E-state index in [0.717, 1.165) is 50.9 Å². The summed E-state index contributed by atoms with van der Waals surface area (Å²) in [5, 5.41) is 0. The van der Waals surface area contributed by atoms with Gasteiger partial charge in [-0.05, 0) is 63.0 Å². The molecule has 0 aliphatic heterocycles. The van der Waals surface area contributed by atoms with Gasteiger partial charge in [-0.25, -0.2) is 0 Å². The molecule has 2 nitrogen and oxygen atoms in total. The van der Waals surface area contributed by atoms with Gasteiger partial charge in [0.2, 0.25) is 0 Å². The van der Waals surface area contributed by atoms with Gasteiger partial charge in [-0.1, -0.05) is 31.1 Å². The van der Waals surface area contributed by atoms with Crippen molar-refractivity contribution in [2.75, 3.05) is 6.61 Å². The molecule has 1 fully saturated rings. The van der Waals surface area contributed by atoms with Gasteiger partial charge in [0.25, 0.3) is 0 Å². The lowest BCUT2D eigenvalue weighted by atomic mass is 9.52. The summed E-state index contributed by atoms with van der Waals surface area (Å²) in [6.07, 6.45) is 10.9. The molecule has 0 aromatic carbocycles. The molecule has 4 aliphatic rings. The Hall–Kier alpha value is -1.31. The van der Waals surface area contributed by atoms with Crippen molar-refractivity contribution in [3.63, 3.8) is 0 Å². The second kappa shape index (κ2) is 5.34. The quantitative estimate of drug-likeness (QED) is 0.639. The van der Waals surface area contributed by atoms with Crippen LogP contribution in [0.2, 0.25) is 0 Å². The fourth-order valence-corrected chi connectivity index (χ4v) is 6.12. The lowest BCUT2D eigenvalue weighted by Gasteiger charge is -2.52. The second-order valence-electron chi connectivity index (χ2n) is 8.73. The molecule has 4 aliphatic carbocycles. The van der Waals surface area contributed by atoms with Crippen molar-refractivity contribution >= 4 is 5.78 Å². The first-order chi connectivity index (χ1) is 11.4. The highest BCUT2D eigenvalue weighted by molar-refractivity contribution is 5.87. The van der Waals surface area contributed by atoms with Crippen LogP contribution in [0.25, 0.3) is 0 Å². The zero-order valence-corrected chi connectivity index (χ0v) is 15.6. The van der Waals surface area contributed by atoms with E-state index in [4.69, 9.17) is 4.74 Å². The Bertz CT molecular complexity index is 680. The molecule has 0 radical (unpaired) electrons. The van der Waals surface area contributed by atoms with E-state index in [1.165, 1.54) is 11.1 Å². The normalized spacial score (nSPS) is 41.2. The minimum absolute atomic E-state index is 0.0940. The topological polar surface area (TPSA) is 26.3 Å². The lowest BCUT2D eigenvalue weighted by molar-refractivity contribution is -0.127. The number of rotatable bonds is 2. The number of fused-ring (bicyclic) bond motifs is 5. The number of allylic oxidation sites excluding steroid dienone is 6. The molecule has 130 valence electrons. The molecule has 2 heteroatoms. The van der Waals surface area contributed by atoms with Gasteiger partial charge in [0, 0.05) is 23.7 Å². The molecule has 0 spiro atoms. The molecule has 0 heterocycles. The van der Waals surface area contributed by atoms with E-state index < -0.39 is 0 Å². The van der Waals surface area contributed by atoms with Crippen LogP contribution in [-0.4, -0.2) is 12.4 Å². The van der Waals surface area contributed by atoms with Crippen LogP contribution in [0.1, 0.15) is 66.2 Å². The Morgan fingerprint density at radius 1 is 1.29 bits per heavy atom. The van der Waals surface area contributed by atoms with Crippen LogP contribution < -0.4 is 0 Å². The van der Waals surface area contributed by atoms with Gasteiger partial charge in [-0.15, -0.1) is 0 Å². The van der Waals surface area contributed by atoms with Crippen LogP contribution in [0, 0.1) is 22.7 Å². The van der Waals surface area contributed by atoms with E-state index in [-0.39, 0.29) is 10.8 Å². The first-order valence-electron chi connectivity index (χ1n) is 9.67. The molecule has 0 bridgehead atoms. The number of ketones is 1. The summed E-state index contributed by atoms with van der Waals surface area (Å²) >= 11 is 0. The third kappa shape index (κ3) is 2.04. The average Bonchev–Trinajstić information content (AvgIpc) is 2.85. The predicted octanol–water partition coefficient (Wildman–Crippen LogP) is 5.36. The van der Waals surface area contributed by atoms with Crippen molar-refractivity contribution < 1.29 is 9.53 Å². The maximum Gasteiger partial charge on any atom is 0.139 e. The molecule has 1 saturated carbocycles. The van der Waals surface area contributed by atoms with Crippen LogP contribution in [0.5, 0.6) is 0 Å². The van der Waals surface area contributed by atoms with Gasteiger partial charge >= 0.3 is 0 Å². The highest BCUT2D eigenvalue weighted by Crippen LogP contribution is 2.62. The molecule has 24 heavy (non-hydrogen) atoms. The van der Waals surface area contributed by atoms with E-state index in [0.29, 0.717) is 17.6 Å². The zero-order chi connectivity index (χ0) is 17.1. The van der Waals surface area contributed by atoms with E-state index in [1.807, 2.05) is 0 Å². The summed E-state index contributed by atoms with van der Waals surface area (Å²) in [4.78, 5) is 12.5. The van der Waals surface area contributed by atoms with Gasteiger partial charge < -0.3 is 4.74 Å². The van der Waals surface area contributed by atoms with Gasteiger partial charge in [-0.3, -0.25) is 4.79 Å². The van der Waals surface area contributed by atoms with E-state index >= 15 is 0 Å². The smallest absolute Gasteiger partial charge is 0.139 e. The second-order valence-corrected chi connectivity index (χ2v) is 8.73. The van der Waals surface area contributed by atoms with Crippen molar-refractivity contribution in [2.24, 2.45) is 22.7 Å². The highest BCUT2D eigenvalue weighted by atomic mass is 16.5. The maximum atomic E-state index is 12.5. The summed E-state index contributed by atoms with van der Waals surface area (Å²) in [5.74, 6) is 2.78. The molecular formula is C22H30O2. The molecule has 4 rings (SSSR count). The van der Waals surface area contributed by atoms with Crippen molar-refractivity contribution in [3.05, 3.63) is 34.6 Å². The van der Waals surface area contributed by atoms with Gasteiger partial charge in [0.05, 0.1) is 12.4 Å². The number of carbonyl (C=O) groups is 1. The first-order valence-corrected chi connectivity index (χ1v) is 9.67. The average molecular weight is 326 g/mol. The molecule has 0 amide bonds. The monoisotopic (exact) mass is 326 g/mol. The van der Waals surface area contributed by atoms with Crippen LogP contribution in [0.15, 0.2) is 34.6 Å². The predicted molar refractivity (Wildman–Crippen MR) is 96.4 cm³/mol. The van der Waals surface area contributed by atoms with Crippen molar-refractivity contribution in [1.82, 2.24) is 0 Å². The maximum absolute atomic E-state index is 12.5. The lowest BCUT2D eigenvalue weighted by Crippen LogP contribution is -2.44. The Balaban J connectivity index is 1.77. The molecule has 0 N–H and O–H groups in total. The third-order valence-corrected chi connectivity index (χ3v) is 7.49. The van der Waals surface area contributed by atoms with Crippen molar-refractivity contribution in [3.8, 4) is 0 Å². The van der Waals surface area contributed by atoms with Crippen LogP contribution in [0.3, 0.4) is 0 Å². The summed E-state index contributed by atoms with van der Waals surface area (Å²) in [6.45, 7) is 9.78. The Morgan fingerprint density at radius 2 is 2.08 bits per heavy atom. The molecule has 0 aromatic rings. The molecule has 4 atom stereocenters. The Kier molecular flexibility index (Phi) is 3.60. The van der Waals surface area contributed by atoms with Gasteiger partial charge in [-0.2, -0.15) is 0 Å². The van der Waals surface area contributed by atoms with Crippen LogP contribution >= 0.6 is 0 Å². The van der Waals surface area contributed by atoms with Gasteiger partial charge in [0.1, 0.15) is 5.78 Å². The fraction of sp³-hybridized carbons (Fsp3) is 0.682. The van der Waals surface area contributed by atoms with E-state index in [2.05, 4.69) is 39.8 Å². The summed E-state index contributed by atoms with van der Waals surface area (Å²) in [7, 11) is 0. The third-order valence-electron chi connectivity index (χ3n) is 7.49. The van der Waals surface area contributed by atoms with E-state index in [9.17, 15) is 4.79 Å². The fourth-order valence-electron chi connectivity index (χ4n) is 6.12. The summed E-state index contributed by atoms with van der Waals surface area (Å²) < 4.78 is 5.82. The molecule has 0 aromatic heterocycles. The molecular weight excluding hydrogens is 296 g/mol. The van der Waals surface area contributed by atoms with Crippen molar-refractivity contribution in [2.45, 2.75) is 66.2 Å². The molecule has 0 saturated heterocycles. The number of hydrogen-bond acceptors (Lipinski definition) is 2. The van der Waals surface area contributed by atoms with Crippen LogP contribution in [0.4, 0.5) is 0 Å². The number of ether oxygens (including phenoxy) is 1. The summed E-state index contributed by atoms with van der Waals surface area (Å²) in [6, 6.07) is 0. The Labute approximate surface area is 146 Å². The zero-order valence-electron chi connectivity index (χ0n) is 15.6. The number of Topliss-reactive ketones (excluding diaryl/α,β-unsaturated/α-hetero) is 1. The SMILES string of the molecule is CCOC1=CC2=C(C)C[C@@H]3C(=CC[C@]4(C)C(=O)CC[C@@H]34)[C@@]2(C)CC1. The largest absolute Gasteiger partial charge is 0.498 e.